The average molecular weight is 248 g/mol. The van der Waals surface area contributed by atoms with Gasteiger partial charge in [-0.15, -0.1) is 0 Å². The van der Waals surface area contributed by atoms with E-state index in [1.165, 1.54) is 0 Å². The van der Waals surface area contributed by atoms with Crippen molar-refractivity contribution in [3.8, 4) is 11.4 Å². The fourth-order valence-electron chi connectivity index (χ4n) is 1.76. The van der Waals surface area contributed by atoms with Crippen LogP contribution in [0.15, 0.2) is 18.5 Å². The molecule has 0 saturated heterocycles. The zero-order valence-corrected chi connectivity index (χ0v) is 10.7. The van der Waals surface area contributed by atoms with Crippen molar-refractivity contribution in [3.63, 3.8) is 0 Å². The van der Waals surface area contributed by atoms with E-state index < -0.39 is 5.97 Å². The van der Waals surface area contributed by atoms with Gasteiger partial charge in [-0.25, -0.2) is 4.79 Å². The Morgan fingerprint density at radius 3 is 2.78 bits per heavy atom. The first-order valence-electron chi connectivity index (χ1n) is 5.85. The van der Waals surface area contributed by atoms with Crippen LogP contribution in [-0.2, 0) is 7.05 Å². The molecular weight excluding hydrogens is 232 g/mol. The van der Waals surface area contributed by atoms with Crippen molar-refractivity contribution in [2.75, 3.05) is 0 Å². The van der Waals surface area contributed by atoms with Gasteiger partial charge in [-0.2, -0.15) is 10.2 Å². The van der Waals surface area contributed by atoms with Gasteiger partial charge >= 0.3 is 5.97 Å². The second-order valence-corrected chi connectivity index (χ2v) is 4.27. The molecule has 1 unspecified atom stereocenters. The van der Waals surface area contributed by atoms with Crippen LogP contribution < -0.4 is 0 Å². The van der Waals surface area contributed by atoms with Gasteiger partial charge in [-0.3, -0.25) is 9.36 Å². The second-order valence-electron chi connectivity index (χ2n) is 4.27. The van der Waals surface area contributed by atoms with Crippen LogP contribution in [0.4, 0.5) is 0 Å². The molecule has 0 aliphatic heterocycles. The maximum atomic E-state index is 11.3. The summed E-state index contributed by atoms with van der Waals surface area (Å²) in [5.74, 6) is -0.972. The molecule has 0 spiro atoms. The monoisotopic (exact) mass is 248 g/mol. The van der Waals surface area contributed by atoms with Crippen molar-refractivity contribution in [1.29, 1.82) is 0 Å². The van der Waals surface area contributed by atoms with Crippen LogP contribution in [-0.4, -0.2) is 30.6 Å². The highest BCUT2D eigenvalue weighted by Crippen LogP contribution is 2.23. The summed E-state index contributed by atoms with van der Waals surface area (Å²) in [7, 11) is 1.77. The molecule has 0 radical (unpaired) electrons. The van der Waals surface area contributed by atoms with E-state index >= 15 is 0 Å². The highest BCUT2D eigenvalue weighted by molar-refractivity contribution is 5.94. The Balaban J connectivity index is 2.55. The average Bonchev–Trinajstić information content (AvgIpc) is 2.93. The highest BCUT2D eigenvalue weighted by Gasteiger charge is 2.20. The van der Waals surface area contributed by atoms with Gasteiger partial charge in [0.2, 0.25) is 0 Å². The lowest BCUT2D eigenvalue weighted by Crippen LogP contribution is -2.04. The van der Waals surface area contributed by atoms with Crippen LogP contribution in [0.3, 0.4) is 0 Å². The molecule has 1 N–H and O–H groups in total. The summed E-state index contributed by atoms with van der Waals surface area (Å²) < 4.78 is 3.32. The van der Waals surface area contributed by atoms with Gasteiger partial charge in [0, 0.05) is 25.5 Å². The van der Waals surface area contributed by atoms with Crippen LogP contribution in [0.25, 0.3) is 11.4 Å². The lowest BCUT2D eigenvalue weighted by Gasteiger charge is -2.07. The van der Waals surface area contributed by atoms with E-state index in [0.29, 0.717) is 11.4 Å². The predicted molar refractivity (Wildman–Crippen MR) is 66.4 cm³/mol. The number of carboxylic acid groups (broad SMARTS) is 1. The molecule has 0 fully saturated rings. The van der Waals surface area contributed by atoms with E-state index in [1.54, 1.807) is 34.9 Å². The number of hydrogen-bond donors (Lipinski definition) is 1. The van der Waals surface area contributed by atoms with Crippen LogP contribution >= 0.6 is 0 Å². The minimum atomic E-state index is -0.972. The minimum Gasteiger partial charge on any atom is -0.478 e. The molecule has 6 heteroatoms. The molecule has 2 aromatic heterocycles. The smallest absolute Gasteiger partial charge is 0.339 e. The molecule has 0 amide bonds. The number of aromatic nitrogens is 4. The summed E-state index contributed by atoms with van der Waals surface area (Å²) in [6.45, 7) is 4.04. The number of carboxylic acids is 1. The number of hydrogen-bond acceptors (Lipinski definition) is 3. The molecule has 0 saturated carbocycles. The maximum Gasteiger partial charge on any atom is 0.339 e. The van der Waals surface area contributed by atoms with Gasteiger partial charge < -0.3 is 5.11 Å². The van der Waals surface area contributed by atoms with E-state index in [1.807, 2.05) is 13.8 Å². The number of nitrogens with zero attached hydrogens (tertiary/aromatic N) is 4. The Morgan fingerprint density at radius 2 is 2.28 bits per heavy atom. The van der Waals surface area contributed by atoms with Gasteiger partial charge in [0.1, 0.15) is 11.3 Å². The van der Waals surface area contributed by atoms with Crippen molar-refractivity contribution in [1.82, 2.24) is 19.6 Å². The Bertz CT molecular complexity index is 570. The first-order valence-corrected chi connectivity index (χ1v) is 5.85. The fourth-order valence-corrected chi connectivity index (χ4v) is 1.76. The Morgan fingerprint density at radius 1 is 1.56 bits per heavy atom. The molecule has 2 rings (SSSR count). The van der Waals surface area contributed by atoms with Crippen LogP contribution in [0, 0.1) is 0 Å². The molecule has 18 heavy (non-hydrogen) atoms. The number of rotatable bonds is 4. The zero-order chi connectivity index (χ0) is 13.3. The Labute approximate surface area is 105 Å². The lowest BCUT2D eigenvalue weighted by molar-refractivity contribution is 0.0697. The van der Waals surface area contributed by atoms with Crippen LogP contribution in [0.1, 0.15) is 36.7 Å². The van der Waals surface area contributed by atoms with Gasteiger partial charge in [0.25, 0.3) is 0 Å². The van der Waals surface area contributed by atoms with E-state index in [4.69, 9.17) is 0 Å². The zero-order valence-electron chi connectivity index (χ0n) is 10.7. The first-order chi connectivity index (χ1) is 8.54. The molecular formula is C12H16N4O2. The lowest BCUT2D eigenvalue weighted by atomic mass is 10.2. The van der Waals surface area contributed by atoms with Gasteiger partial charge in [0.15, 0.2) is 0 Å². The molecule has 0 aliphatic rings. The van der Waals surface area contributed by atoms with Gasteiger partial charge in [0.05, 0.1) is 5.69 Å². The topological polar surface area (TPSA) is 72.9 Å². The molecule has 6 nitrogen and oxygen atoms in total. The van der Waals surface area contributed by atoms with Crippen molar-refractivity contribution in [3.05, 3.63) is 24.0 Å². The van der Waals surface area contributed by atoms with Crippen molar-refractivity contribution < 1.29 is 9.90 Å². The summed E-state index contributed by atoms with van der Waals surface area (Å²) in [6.07, 6.45) is 4.10. The first kappa shape index (κ1) is 12.3. The number of aromatic carboxylic acids is 1. The maximum absolute atomic E-state index is 11.3. The van der Waals surface area contributed by atoms with E-state index in [-0.39, 0.29) is 11.6 Å². The SMILES string of the molecule is CCC(C)n1cc(C(=O)O)c(-c2ccnn2C)n1. The molecule has 96 valence electrons. The fraction of sp³-hybridized carbons (Fsp3) is 0.417. The van der Waals surface area contributed by atoms with E-state index in [9.17, 15) is 9.90 Å². The summed E-state index contributed by atoms with van der Waals surface area (Å²) in [4.78, 5) is 11.3. The normalized spacial score (nSPS) is 12.6. The summed E-state index contributed by atoms with van der Waals surface area (Å²) in [5, 5.41) is 17.7. The molecule has 0 aliphatic carbocycles. The van der Waals surface area contributed by atoms with Gasteiger partial charge in [-0.1, -0.05) is 6.92 Å². The van der Waals surface area contributed by atoms with Crippen molar-refractivity contribution in [2.45, 2.75) is 26.3 Å². The molecule has 0 bridgehead atoms. The predicted octanol–water partition coefficient (Wildman–Crippen LogP) is 1.95. The molecule has 2 heterocycles. The third-order valence-corrected chi connectivity index (χ3v) is 3.07. The third kappa shape index (κ3) is 2.01. The number of carbonyl (C=O) groups is 1. The summed E-state index contributed by atoms with van der Waals surface area (Å²) >= 11 is 0. The Hall–Kier alpha value is -2.11. The molecule has 2 aromatic rings. The quantitative estimate of drug-likeness (QED) is 0.897. The minimum absolute atomic E-state index is 0.171. The third-order valence-electron chi connectivity index (χ3n) is 3.07. The molecule has 1 atom stereocenters. The van der Waals surface area contributed by atoms with E-state index in [0.717, 1.165) is 6.42 Å². The van der Waals surface area contributed by atoms with Crippen molar-refractivity contribution in [2.24, 2.45) is 7.05 Å². The van der Waals surface area contributed by atoms with Crippen molar-refractivity contribution >= 4 is 5.97 Å². The molecule has 0 aromatic carbocycles. The van der Waals surface area contributed by atoms with Crippen LogP contribution in [0.5, 0.6) is 0 Å². The second kappa shape index (κ2) is 4.64. The Kier molecular flexibility index (Phi) is 3.18. The number of aryl methyl sites for hydroxylation is 1. The highest BCUT2D eigenvalue weighted by atomic mass is 16.4. The van der Waals surface area contributed by atoms with E-state index in [2.05, 4.69) is 10.2 Å². The largest absolute Gasteiger partial charge is 0.478 e. The summed E-state index contributed by atoms with van der Waals surface area (Å²) in [5.41, 5.74) is 1.37. The summed E-state index contributed by atoms with van der Waals surface area (Å²) in [6, 6.07) is 1.93. The van der Waals surface area contributed by atoms with Gasteiger partial charge in [-0.05, 0) is 19.4 Å². The van der Waals surface area contributed by atoms with Crippen LogP contribution in [0.2, 0.25) is 0 Å². The standard InChI is InChI=1S/C12H16N4O2/c1-4-8(2)16-7-9(12(17)18)11(14-16)10-5-6-13-15(10)3/h5-8H,4H2,1-3H3,(H,17,18).